The average Bonchev–Trinajstić information content (AvgIpc) is 2.88. The highest BCUT2D eigenvalue weighted by Gasteiger charge is 2.43. The van der Waals surface area contributed by atoms with Gasteiger partial charge < -0.3 is 4.90 Å². The monoisotopic (exact) mass is 253 g/mol. The van der Waals surface area contributed by atoms with Gasteiger partial charge in [-0.25, -0.2) is 0 Å². The number of nitrogens with zero attached hydrogens (tertiary/aromatic N) is 1. The summed E-state index contributed by atoms with van der Waals surface area (Å²) in [6.45, 7) is 0.942. The van der Waals surface area contributed by atoms with Crippen molar-refractivity contribution in [2.75, 3.05) is 6.54 Å². The van der Waals surface area contributed by atoms with Crippen LogP contribution in [0, 0.1) is 5.92 Å². The molecule has 19 heavy (non-hydrogen) atoms. The summed E-state index contributed by atoms with van der Waals surface area (Å²) in [7, 11) is 0. The van der Waals surface area contributed by atoms with Gasteiger partial charge in [0.2, 0.25) is 5.91 Å². The van der Waals surface area contributed by atoms with Crippen molar-refractivity contribution in [2.45, 2.75) is 38.0 Å². The number of rotatable bonds is 1. The van der Waals surface area contributed by atoms with Crippen LogP contribution >= 0.6 is 0 Å². The van der Waals surface area contributed by atoms with Crippen molar-refractivity contribution in [3.05, 3.63) is 47.2 Å². The zero-order valence-electron chi connectivity index (χ0n) is 11.1. The van der Waals surface area contributed by atoms with Crippen LogP contribution in [-0.2, 0) is 4.79 Å². The highest BCUT2D eigenvalue weighted by molar-refractivity contribution is 5.87. The molecule has 98 valence electrons. The van der Waals surface area contributed by atoms with Gasteiger partial charge in [-0.05, 0) is 37.7 Å². The molecule has 2 aliphatic heterocycles. The van der Waals surface area contributed by atoms with Gasteiger partial charge in [-0.3, -0.25) is 4.79 Å². The molecule has 3 aliphatic rings. The van der Waals surface area contributed by atoms with E-state index < -0.39 is 0 Å². The first-order chi connectivity index (χ1) is 9.34. The number of amides is 1. The largest absolute Gasteiger partial charge is 0.315 e. The van der Waals surface area contributed by atoms with Crippen molar-refractivity contribution in [3.8, 4) is 0 Å². The summed E-state index contributed by atoms with van der Waals surface area (Å²) in [5.41, 5.74) is 4.20. The summed E-state index contributed by atoms with van der Waals surface area (Å²) >= 11 is 0. The van der Waals surface area contributed by atoms with E-state index in [1.807, 2.05) is 18.2 Å². The highest BCUT2D eigenvalue weighted by atomic mass is 16.2. The zero-order chi connectivity index (χ0) is 12.8. The Labute approximate surface area is 114 Å². The van der Waals surface area contributed by atoms with E-state index in [0.717, 1.165) is 19.4 Å². The molecule has 1 amide bonds. The third kappa shape index (κ3) is 1.66. The Morgan fingerprint density at radius 3 is 2.79 bits per heavy atom. The van der Waals surface area contributed by atoms with Gasteiger partial charge in [0.1, 0.15) is 0 Å². The van der Waals surface area contributed by atoms with Crippen molar-refractivity contribution in [2.24, 2.45) is 5.92 Å². The van der Waals surface area contributed by atoms with Crippen LogP contribution in [0.2, 0.25) is 0 Å². The summed E-state index contributed by atoms with van der Waals surface area (Å²) in [6.07, 6.45) is 5.89. The maximum atomic E-state index is 12.8. The van der Waals surface area contributed by atoms with Crippen LogP contribution in [0.15, 0.2) is 41.6 Å². The summed E-state index contributed by atoms with van der Waals surface area (Å²) in [6, 6.07) is 10.3. The molecule has 0 N–H and O–H groups in total. The van der Waals surface area contributed by atoms with E-state index in [-0.39, 0.29) is 5.92 Å². The summed E-state index contributed by atoms with van der Waals surface area (Å²) in [4.78, 5) is 14.9. The maximum absolute atomic E-state index is 12.8. The lowest BCUT2D eigenvalue weighted by molar-refractivity contribution is -0.134. The van der Waals surface area contributed by atoms with Crippen LogP contribution in [0.4, 0.5) is 0 Å². The number of piperidine rings is 1. The second-order valence-corrected chi connectivity index (χ2v) is 6.02. The predicted octanol–water partition coefficient (Wildman–Crippen LogP) is 3.46. The Balaban J connectivity index is 1.73. The topological polar surface area (TPSA) is 20.3 Å². The summed E-state index contributed by atoms with van der Waals surface area (Å²) < 4.78 is 0. The van der Waals surface area contributed by atoms with E-state index in [1.54, 1.807) is 5.57 Å². The average molecular weight is 253 g/mol. The minimum atomic E-state index is 0.0902. The van der Waals surface area contributed by atoms with Gasteiger partial charge in [0.05, 0.1) is 5.92 Å². The van der Waals surface area contributed by atoms with Crippen molar-refractivity contribution in [3.63, 3.8) is 0 Å². The van der Waals surface area contributed by atoms with Gasteiger partial charge in [-0.15, -0.1) is 0 Å². The normalized spacial score (nSPS) is 29.7. The Morgan fingerprint density at radius 1 is 1.11 bits per heavy atom. The first kappa shape index (κ1) is 11.3. The highest BCUT2D eigenvalue weighted by Crippen LogP contribution is 2.48. The lowest BCUT2D eigenvalue weighted by atomic mass is 9.81. The lowest BCUT2D eigenvalue weighted by Crippen LogP contribution is -2.43. The number of benzene rings is 1. The Kier molecular flexibility index (Phi) is 2.51. The second-order valence-electron chi connectivity index (χ2n) is 6.02. The standard InChI is InChI=1S/C17H19NO/c19-17-15(12-5-2-1-3-6-12)11-14-9-8-13-7-4-10-18(17)16(13)14/h1-3,5-6,14-15H,4,7-11H2. The number of carbonyl (C=O) groups is 1. The van der Waals surface area contributed by atoms with Gasteiger partial charge in [-0.1, -0.05) is 35.9 Å². The van der Waals surface area contributed by atoms with Crippen molar-refractivity contribution >= 4 is 5.91 Å². The summed E-state index contributed by atoms with van der Waals surface area (Å²) in [5, 5.41) is 0. The molecule has 0 saturated carbocycles. The third-order valence-corrected chi connectivity index (χ3v) is 4.98. The molecule has 0 bridgehead atoms. The van der Waals surface area contributed by atoms with Crippen LogP contribution < -0.4 is 0 Å². The Morgan fingerprint density at radius 2 is 1.95 bits per heavy atom. The molecule has 2 atom stereocenters. The predicted molar refractivity (Wildman–Crippen MR) is 74.5 cm³/mol. The van der Waals surface area contributed by atoms with Crippen LogP contribution in [0.3, 0.4) is 0 Å². The fraction of sp³-hybridized carbons (Fsp3) is 0.471. The van der Waals surface area contributed by atoms with Gasteiger partial charge >= 0.3 is 0 Å². The number of hydrogen-bond acceptors (Lipinski definition) is 1. The first-order valence-corrected chi connectivity index (χ1v) is 7.43. The van der Waals surface area contributed by atoms with E-state index >= 15 is 0 Å². The fourth-order valence-corrected chi connectivity index (χ4v) is 4.13. The fourth-order valence-electron chi connectivity index (χ4n) is 4.13. The molecule has 0 aromatic heterocycles. The van der Waals surface area contributed by atoms with E-state index in [1.165, 1.54) is 30.5 Å². The number of hydrogen-bond donors (Lipinski definition) is 0. The molecular weight excluding hydrogens is 234 g/mol. The molecule has 2 nitrogen and oxygen atoms in total. The van der Waals surface area contributed by atoms with E-state index in [4.69, 9.17) is 0 Å². The molecule has 1 saturated heterocycles. The molecule has 2 unspecified atom stereocenters. The lowest BCUT2D eigenvalue weighted by Gasteiger charge is -2.40. The second kappa shape index (κ2) is 4.22. The molecule has 1 aromatic rings. The zero-order valence-corrected chi connectivity index (χ0v) is 11.1. The maximum Gasteiger partial charge on any atom is 0.234 e. The molecule has 0 spiro atoms. The van der Waals surface area contributed by atoms with Crippen molar-refractivity contribution in [1.29, 1.82) is 0 Å². The van der Waals surface area contributed by atoms with Crippen LogP contribution in [0.25, 0.3) is 0 Å². The number of carbonyl (C=O) groups excluding carboxylic acids is 1. The van der Waals surface area contributed by atoms with Crippen LogP contribution in [0.1, 0.15) is 43.6 Å². The van der Waals surface area contributed by atoms with Gasteiger partial charge in [0.25, 0.3) is 0 Å². The van der Waals surface area contributed by atoms with Crippen LogP contribution in [0.5, 0.6) is 0 Å². The smallest absolute Gasteiger partial charge is 0.234 e. The number of allylic oxidation sites excluding steroid dienone is 2. The SMILES string of the molecule is O=C1C(c2ccccc2)CC2CCC3=C2N1CCC3. The molecule has 2 heteroatoms. The minimum Gasteiger partial charge on any atom is -0.315 e. The first-order valence-electron chi connectivity index (χ1n) is 7.43. The quantitative estimate of drug-likeness (QED) is 0.750. The van der Waals surface area contributed by atoms with Gasteiger partial charge in [0, 0.05) is 18.2 Å². The molecule has 1 aromatic carbocycles. The molecule has 0 radical (unpaired) electrons. The molecular formula is C17H19NO. The minimum absolute atomic E-state index is 0.0902. The van der Waals surface area contributed by atoms with Crippen molar-refractivity contribution in [1.82, 2.24) is 4.90 Å². The van der Waals surface area contributed by atoms with Gasteiger partial charge in [0.15, 0.2) is 0 Å². The molecule has 2 heterocycles. The Hall–Kier alpha value is -1.57. The van der Waals surface area contributed by atoms with E-state index in [2.05, 4.69) is 17.0 Å². The van der Waals surface area contributed by atoms with Crippen molar-refractivity contribution < 1.29 is 4.79 Å². The third-order valence-electron chi connectivity index (χ3n) is 4.98. The summed E-state index contributed by atoms with van der Waals surface area (Å²) in [5.74, 6) is 1.07. The van der Waals surface area contributed by atoms with E-state index in [9.17, 15) is 4.79 Å². The van der Waals surface area contributed by atoms with Gasteiger partial charge in [-0.2, -0.15) is 0 Å². The molecule has 4 rings (SSSR count). The van der Waals surface area contributed by atoms with E-state index in [0.29, 0.717) is 11.8 Å². The molecule has 1 fully saturated rings. The molecule has 1 aliphatic carbocycles. The Bertz CT molecular complexity index is 546. The van der Waals surface area contributed by atoms with Crippen LogP contribution in [-0.4, -0.2) is 17.4 Å².